The number of hydrogen-bond donors (Lipinski definition) is 0. The smallest absolute Gasteiger partial charge is 0.410 e. The van der Waals surface area contributed by atoms with Gasteiger partial charge in [0.1, 0.15) is 5.60 Å². The fraction of sp³-hybridized carbons (Fsp3) is 0.500. The SMILES string of the molecule is CC(C)(C)OC(=O)N1CC[C@H]([S@](=O)c2nc3cc([N+](=O)[O-])ccc3s2)C1. The molecule has 2 atom stereocenters. The highest BCUT2D eigenvalue weighted by atomic mass is 32.2. The van der Waals surface area contributed by atoms with Crippen LogP contribution in [0.5, 0.6) is 0 Å². The number of ether oxygens (including phenoxy) is 1. The Labute approximate surface area is 156 Å². The standard InChI is InChI=1S/C16H19N3O5S2/c1-16(2,3)24-15(20)18-7-6-11(9-18)26(23)14-17-12-8-10(19(21)22)4-5-13(12)25-14/h4-5,8,11H,6-7,9H2,1-3H3/t11-,26-/m0/s1. The average Bonchev–Trinajstić information content (AvgIpc) is 3.18. The molecule has 140 valence electrons. The second-order valence-electron chi connectivity index (χ2n) is 7.02. The van der Waals surface area contributed by atoms with Crippen LogP contribution in [0.4, 0.5) is 10.5 Å². The van der Waals surface area contributed by atoms with Crippen molar-refractivity contribution in [3.8, 4) is 0 Å². The Morgan fingerprint density at radius 1 is 1.46 bits per heavy atom. The number of nitro groups is 1. The monoisotopic (exact) mass is 397 g/mol. The molecule has 1 aliphatic rings. The molecule has 10 heteroatoms. The number of amides is 1. The average molecular weight is 397 g/mol. The van der Waals surface area contributed by atoms with Gasteiger partial charge in [-0.3, -0.25) is 14.3 Å². The van der Waals surface area contributed by atoms with Gasteiger partial charge in [-0.15, -0.1) is 11.3 Å². The highest BCUT2D eigenvalue weighted by molar-refractivity contribution is 7.88. The lowest BCUT2D eigenvalue weighted by molar-refractivity contribution is -0.384. The van der Waals surface area contributed by atoms with Gasteiger partial charge in [0.25, 0.3) is 5.69 Å². The molecular weight excluding hydrogens is 378 g/mol. The number of rotatable bonds is 3. The van der Waals surface area contributed by atoms with Crippen molar-refractivity contribution in [2.45, 2.75) is 42.4 Å². The summed E-state index contributed by atoms with van der Waals surface area (Å²) in [6.45, 7) is 6.24. The molecule has 1 fully saturated rings. The van der Waals surface area contributed by atoms with Crippen LogP contribution < -0.4 is 0 Å². The molecule has 8 nitrogen and oxygen atoms in total. The molecule has 0 aliphatic carbocycles. The molecule has 0 bridgehead atoms. The van der Waals surface area contributed by atoms with E-state index in [-0.39, 0.29) is 10.9 Å². The third kappa shape index (κ3) is 4.01. The van der Waals surface area contributed by atoms with Crippen molar-refractivity contribution < 1.29 is 18.7 Å². The number of aromatic nitrogens is 1. The predicted octanol–water partition coefficient (Wildman–Crippen LogP) is 3.32. The highest BCUT2D eigenvalue weighted by Gasteiger charge is 2.34. The first kappa shape index (κ1) is 18.7. The van der Waals surface area contributed by atoms with Crippen LogP contribution in [0.2, 0.25) is 0 Å². The normalized spacial score (nSPS) is 18.9. The number of likely N-dealkylation sites (tertiary alicyclic amines) is 1. The van der Waals surface area contributed by atoms with E-state index in [2.05, 4.69) is 4.98 Å². The Morgan fingerprint density at radius 2 is 2.19 bits per heavy atom. The van der Waals surface area contributed by atoms with E-state index in [0.717, 1.165) is 4.70 Å². The Kier molecular flexibility index (Phi) is 4.98. The largest absolute Gasteiger partial charge is 0.444 e. The van der Waals surface area contributed by atoms with Crippen molar-refractivity contribution in [3.63, 3.8) is 0 Å². The van der Waals surface area contributed by atoms with Crippen LogP contribution in [0.25, 0.3) is 10.2 Å². The van der Waals surface area contributed by atoms with Gasteiger partial charge in [0.2, 0.25) is 0 Å². The van der Waals surface area contributed by atoms with Crippen LogP contribution in [0, 0.1) is 10.1 Å². The summed E-state index contributed by atoms with van der Waals surface area (Å²) in [7, 11) is -1.38. The Hall–Kier alpha value is -2.07. The third-order valence-electron chi connectivity index (χ3n) is 3.83. The minimum atomic E-state index is -1.38. The molecule has 1 saturated heterocycles. The molecule has 1 amide bonds. The summed E-state index contributed by atoms with van der Waals surface area (Å²) in [5, 5.41) is 10.6. The minimum Gasteiger partial charge on any atom is -0.444 e. The van der Waals surface area contributed by atoms with Gasteiger partial charge in [-0.05, 0) is 33.3 Å². The highest BCUT2D eigenvalue weighted by Crippen LogP contribution is 2.30. The molecule has 0 N–H and O–H groups in total. The molecule has 2 aromatic rings. The summed E-state index contributed by atoms with van der Waals surface area (Å²) in [6.07, 6.45) is 0.194. The fourth-order valence-electron chi connectivity index (χ4n) is 2.63. The molecule has 2 heterocycles. The van der Waals surface area contributed by atoms with Crippen molar-refractivity contribution >= 4 is 44.1 Å². The molecule has 0 radical (unpaired) electrons. The number of fused-ring (bicyclic) bond motifs is 1. The summed E-state index contributed by atoms with van der Waals surface area (Å²) in [6, 6.07) is 4.41. The molecule has 3 rings (SSSR count). The summed E-state index contributed by atoms with van der Waals surface area (Å²) >= 11 is 1.26. The van der Waals surface area contributed by atoms with E-state index >= 15 is 0 Å². The summed E-state index contributed by atoms with van der Waals surface area (Å²) < 4.78 is 19.4. The van der Waals surface area contributed by atoms with E-state index in [1.165, 1.54) is 23.5 Å². The van der Waals surface area contributed by atoms with Crippen LogP contribution in [-0.2, 0) is 15.5 Å². The molecule has 0 saturated carbocycles. The number of nitrogens with zero attached hydrogens (tertiary/aromatic N) is 3. The Balaban J connectivity index is 1.73. The number of hydrogen-bond acceptors (Lipinski definition) is 7. The fourth-order valence-corrected chi connectivity index (χ4v) is 5.42. The topological polar surface area (TPSA) is 103 Å². The van der Waals surface area contributed by atoms with Crippen LogP contribution in [0.3, 0.4) is 0 Å². The van der Waals surface area contributed by atoms with Gasteiger partial charge in [0, 0.05) is 25.2 Å². The number of nitro benzene ring substituents is 1. The molecule has 1 aromatic heterocycles. The predicted molar refractivity (Wildman–Crippen MR) is 98.9 cm³/mol. The lowest BCUT2D eigenvalue weighted by atomic mass is 10.2. The third-order valence-corrected chi connectivity index (χ3v) is 6.83. The zero-order valence-electron chi connectivity index (χ0n) is 14.6. The summed E-state index contributed by atoms with van der Waals surface area (Å²) in [5.41, 5.74) is -0.151. The van der Waals surface area contributed by atoms with Crippen molar-refractivity contribution in [3.05, 3.63) is 28.3 Å². The quantitative estimate of drug-likeness (QED) is 0.581. The number of carbonyl (C=O) groups is 1. The minimum absolute atomic E-state index is 0.0444. The second-order valence-corrected chi connectivity index (χ2v) is 9.96. The van der Waals surface area contributed by atoms with Gasteiger partial charge in [0.15, 0.2) is 4.34 Å². The lowest BCUT2D eigenvalue weighted by Gasteiger charge is -2.24. The maximum Gasteiger partial charge on any atom is 0.410 e. The maximum absolute atomic E-state index is 12.8. The Bertz CT molecular complexity index is 890. The maximum atomic E-state index is 12.8. The first-order valence-corrected chi connectivity index (χ1v) is 10.1. The van der Waals surface area contributed by atoms with Gasteiger partial charge >= 0.3 is 6.09 Å². The van der Waals surface area contributed by atoms with Gasteiger partial charge in [-0.25, -0.2) is 9.78 Å². The molecule has 26 heavy (non-hydrogen) atoms. The van der Waals surface area contributed by atoms with E-state index in [1.807, 2.05) is 0 Å². The van der Waals surface area contributed by atoms with Crippen LogP contribution in [-0.4, -0.2) is 49.0 Å². The van der Waals surface area contributed by atoms with E-state index in [0.29, 0.717) is 29.4 Å². The van der Waals surface area contributed by atoms with Crippen molar-refractivity contribution in [2.24, 2.45) is 0 Å². The second kappa shape index (κ2) is 6.92. The number of thiazole rings is 1. The first-order chi connectivity index (χ1) is 12.1. The van der Waals surface area contributed by atoms with Crippen molar-refractivity contribution in [1.82, 2.24) is 9.88 Å². The molecule has 1 aromatic carbocycles. The van der Waals surface area contributed by atoms with E-state index < -0.39 is 27.4 Å². The van der Waals surface area contributed by atoms with Crippen molar-refractivity contribution in [1.29, 1.82) is 0 Å². The number of benzene rings is 1. The van der Waals surface area contributed by atoms with Gasteiger partial charge < -0.3 is 9.64 Å². The van der Waals surface area contributed by atoms with Gasteiger partial charge in [0.05, 0.1) is 31.2 Å². The molecule has 1 aliphatic heterocycles. The van der Waals surface area contributed by atoms with Gasteiger partial charge in [-0.2, -0.15) is 0 Å². The molecule has 0 unspecified atom stereocenters. The van der Waals surface area contributed by atoms with Crippen molar-refractivity contribution in [2.75, 3.05) is 13.1 Å². The zero-order chi connectivity index (χ0) is 19.1. The van der Waals surface area contributed by atoms with Crippen LogP contribution in [0.1, 0.15) is 27.2 Å². The zero-order valence-corrected chi connectivity index (χ0v) is 16.3. The molecular formula is C16H19N3O5S2. The number of non-ortho nitro benzene ring substituents is 1. The van der Waals surface area contributed by atoms with Gasteiger partial charge in [-0.1, -0.05) is 0 Å². The van der Waals surface area contributed by atoms with Crippen LogP contribution >= 0.6 is 11.3 Å². The van der Waals surface area contributed by atoms with E-state index in [1.54, 1.807) is 31.7 Å². The molecule has 0 spiro atoms. The first-order valence-electron chi connectivity index (χ1n) is 8.07. The lowest BCUT2D eigenvalue weighted by Crippen LogP contribution is -2.36. The Morgan fingerprint density at radius 3 is 2.85 bits per heavy atom. The van der Waals surface area contributed by atoms with E-state index in [4.69, 9.17) is 4.74 Å². The number of carbonyl (C=O) groups excluding carboxylic acids is 1. The summed E-state index contributed by atoms with van der Waals surface area (Å²) in [4.78, 5) is 28.4. The summed E-state index contributed by atoms with van der Waals surface area (Å²) in [5.74, 6) is 0. The van der Waals surface area contributed by atoms with E-state index in [9.17, 15) is 19.1 Å². The van der Waals surface area contributed by atoms with Crippen LogP contribution in [0.15, 0.2) is 22.5 Å².